The molecule has 0 heterocycles. The highest BCUT2D eigenvalue weighted by Crippen LogP contribution is 2.15. The maximum Gasteiger partial charge on any atom is 0.186 e. The zero-order chi connectivity index (χ0) is 8.55. The van der Waals surface area contributed by atoms with E-state index in [4.69, 9.17) is 0 Å². The standard InChI is InChI=1S/C10H6O2.HI/c11-9-5-6-10(12)8-4-2-1-3-7(8)9;/h1-6H;1H. The van der Waals surface area contributed by atoms with Crippen LogP contribution in [0.5, 0.6) is 0 Å². The van der Waals surface area contributed by atoms with Crippen LogP contribution < -0.4 is 0 Å². The summed E-state index contributed by atoms with van der Waals surface area (Å²) in [5.74, 6) is -0.185. The largest absolute Gasteiger partial charge is 0.289 e. The van der Waals surface area contributed by atoms with Gasteiger partial charge in [0.1, 0.15) is 0 Å². The third kappa shape index (κ3) is 1.70. The second kappa shape index (κ2) is 3.83. The molecule has 3 heteroatoms. The van der Waals surface area contributed by atoms with Gasteiger partial charge in [-0.2, -0.15) is 0 Å². The molecule has 66 valence electrons. The van der Waals surface area contributed by atoms with Crippen LogP contribution in [0.4, 0.5) is 0 Å². The molecular weight excluding hydrogens is 279 g/mol. The number of halogens is 1. The Balaban J connectivity index is 0.000000845. The number of hydrogen-bond donors (Lipinski definition) is 0. The second-order valence-electron chi connectivity index (χ2n) is 2.61. The van der Waals surface area contributed by atoms with Gasteiger partial charge in [0.05, 0.1) is 0 Å². The lowest BCUT2D eigenvalue weighted by Gasteiger charge is -2.06. The van der Waals surface area contributed by atoms with Crippen LogP contribution in [0.2, 0.25) is 0 Å². The minimum Gasteiger partial charge on any atom is -0.289 e. The van der Waals surface area contributed by atoms with E-state index >= 15 is 0 Å². The molecule has 0 fully saturated rings. The summed E-state index contributed by atoms with van der Waals surface area (Å²) < 4.78 is 0. The molecule has 2 rings (SSSR count). The van der Waals surface area contributed by atoms with Gasteiger partial charge in [-0.3, -0.25) is 9.59 Å². The molecule has 0 N–H and O–H groups in total. The van der Waals surface area contributed by atoms with Crippen LogP contribution in [0.1, 0.15) is 20.7 Å². The van der Waals surface area contributed by atoms with E-state index in [9.17, 15) is 9.59 Å². The molecule has 13 heavy (non-hydrogen) atoms. The summed E-state index contributed by atoms with van der Waals surface area (Å²) in [7, 11) is 0. The molecule has 1 aromatic carbocycles. The first-order valence-corrected chi connectivity index (χ1v) is 3.65. The molecule has 0 saturated heterocycles. The summed E-state index contributed by atoms with van der Waals surface area (Å²) >= 11 is 0. The van der Waals surface area contributed by atoms with Crippen LogP contribution in [-0.2, 0) is 0 Å². The topological polar surface area (TPSA) is 34.1 Å². The van der Waals surface area contributed by atoms with Crippen molar-refractivity contribution in [3.63, 3.8) is 0 Å². The molecular formula is C10H7IO2. The van der Waals surface area contributed by atoms with Crippen LogP contribution >= 0.6 is 24.0 Å². The summed E-state index contributed by atoms with van der Waals surface area (Å²) in [5.41, 5.74) is 1.01. The fraction of sp³-hybridized carbons (Fsp3) is 0. The lowest BCUT2D eigenvalue weighted by molar-refractivity contribution is 0.0994. The van der Waals surface area contributed by atoms with Crippen LogP contribution in [0, 0.1) is 0 Å². The Hall–Kier alpha value is -0.970. The lowest BCUT2D eigenvalue weighted by Crippen LogP contribution is -2.10. The Morgan fingerprint density at radius 3 is 1.54 bits per heavy atom. The first-order valence-electron chi connectivity index (χ1n) is 3.65. The molecule has 0 amide bonds. The van der Waals surface area contributed by atoms with Gasteiger partial charge in [-0.15, -0.1) is 24.0 Å². The van der Waals surface area contributed by atoms with Crippen molar-refractivity contribution in [3.05, 3.63) is 47.5 Å². The van der Waals surface area contributed by atoms with Gasteiger partial charge in [-0.25, -0.2) is 0 Å². The summed E-state index contributed by atoms with van der Waals surface area (Å²) in [6.07, 6.45) is 2.62. The maximum atomic E-state index is 11.2. The summed E-state index contributed by atoms with van der Waals surface area (Å²) in [6.45, 7) is 0. The fourth-order valence-corrected chi connectivity index (χ4v) is 1.24. The molecule has 2 nitrogen and oxygen atoms in total. The Kier molecular flexibility index (Phi) is 2.98. The number of rotatable bonds is 0. The first kappa shape index (κ1) is 10.1. The van der Waals surface area contributed by atoms with Gasteiger partial charge < -0.3 is 0 Å². The van der Waals surface area contributed by atoms with Crippen molar-refractivity contribution in [1.82, 2.24) is 0 Å². The SMILES string of the molecule is I.O=C1C=CC(=O)c2ccccc21. The van der Waals surface area contributed by atoms with Crippen molar-refractivity contribution in [2.24, 2.45) is 0 Å². The maximum absolute atomic E-state index is 11.2. The zero-order valence-electron chi connectivity index (χ0n) is 6.69. The highest BCUT2D eigenvalue weighted by atomic mass is 127. The van der Waals surface area contributed by atoms with Crippen molar-refractivity contribution < 1.29 is 9.59 Å². The molecule has 0 radical (unpaired) electrons. The van der Waals surface area contributed by atoms with Gasteiger partial charge in [0.15, 0.2) is 11.6 Å². The minimum absolute atomic E-state index is 0. The van der Waals surface area contributed by atoms with Crippen molar-refractivity contribution >= 4 is 35.5 Å². The number of ketones is 2. The predicted octanol–water partition coefficient (Wildman–Crippen LogP) is 2.24. The van der Waals surface area contributed by atoms with E-state index < -0.39 is 0 Å². The van der Waals surface area contributed by atoms with Gasteiger partial charge in [-0.05, 0) is 12.2 Å². The average Bonchev–Trinajstić information content (AvgIpc) is 2.12. The van der Waals surface area contributed by atoms with Gasteiger partial charge in [0.25, 0.3) is 0 Å². The smallest absolute Gasteiger partial charge is 0.186 e. The lowest BCUT2D eigenvalue weighted by atomic mass is 9.95. The number of hydrogen-bond acceptors (Lipinski definition) is 2. The van der Waals surface area contributed by atoms with Crippen LogP contribution in [0.15, 0.2) is 36.4 Å². The summed E-state index contributed by atoms with van der Waals surface area (Å²) in [6, 6.07) is 6.84. The Labute approximate surface area is 92.7 Å². The Morgan fingerprint density at radius 2 is 1.15 bits per heavy atom. The third-order valence-corrected chi connectivity index (χ3v) is 1.84. The molecule has 0 bridgehead atoms. The second-order valence-corrected chi connectivity index (χ2v) is 2.61. The van der Waals surface area contributed by atoms with E-state index in [1.165, 1.54) is 12.2 Å². The quantitative estimate of drug-likeness (QED) is 0.685. The van der Waals surface area contributed by atoms with E-state index in [0.717, 1.165) is 0 Å². The molecule has 1 aromatic rings. The van der Waals surface area contributed by atoms with Crippen molar-refractivity contribution in [3.8, 4) is 0 Å². The Morgan fingerprint density at radius 1 is 0.769 bits per heavy atom. The number of fused-ring (bicyclic) bond motifs is 1. The van der Waals surface area contributed by atoms with E-state index in [0.29, 0.717) is 11.1 Å². The Bertz CT molecular complexity index is 357. The minimum atomic E-state index is -0.0924. The molecule has 0 unspecified atom stereocenters. The van der Waals surface area contributed by atoms with Gasteiger partial charge >= 0.3 is 0 Å². The van der Waals surface area contributed by atoms with Crippen molar-refractivity contribution in [2.75, 3.05) is 0 Å². The van der Waals surface area contributed by atoms with E-state index in [1.807, 2.05) is 0 Å². The van der Waals surface area contributed by atoms with Gasteiger partial charge in [0.2, 0.25) is 0 Å². The van der Waals surface area contributed by atoms with Crippen LogP contribution in [0.25, 0.3) is 0 Å². The normalized spacial score (nSPS) is 13.5. The van der Waals surface area contributed by atoms with Crippen LogP contribution in [-0.4, -0.2) is 11.6 Å². The number of allylic oxidation sites excluding steroid dienone is 2. The van der Waals surface area contributed by atoms with E-state index in [2.05, 4.69) is 0 Å². The van der Waals surface area contributed by atoms with E-state index in [-0.39, 0.29) is 35.5 Å². The summed E-state index contributed by atoms with van der Waals surface area (Å²) in [4.78, 5) is 22.4. The zero-order valence-corrected chi connectivity index (χ0v) is 9.02. The van der Waals surface area contributed by atoms with Gasteiger partial charge in [0, 0.05) is 11.1 Å². The molecule has 0 aliphatic heterocycles. The molecule has 0 saturated carbocycles. The fourth-order valence-electron chi connectivity index (χ4n) is 1.24. The van der Waals surface area contributed by atoms with Crippen LogP contribution in [0.3, 0.4) is 0 Å². The average molecular weight is 286 g/mol. The molecule has 1 aliphatic rings. The highest BCUT2D eigenvalue weighted by molar-refractivity contribution is 14.0. The van der Waals surface area contributed by atoms with Gasteiger partial charge in [-0.1, -0.05) is 24.3 Å². The predicted molar refractivity (Wildman–Crippen MR) is 59.7 cm³/mol. The molecule has 0 spiro atoms. The number of carbonyl (C=O) groups excluding carboxylic acids is 2. The number of carbonyl (C=O) groups is 2. The first-order chi connectivity index (χ1) is 5.79. The van der Waals surface area contributed by atoms with Crippen molar-refractivity contribution in [2.45, 2.75) is 0 Å². The molecule has 0 atom stereocenters. The number of benzene rings is 1. The molecule has 0 aromatic heterocycles. The molecule has 1 aliphatic carbocycles. The van der Waals surface area contributed by atoms with E-state index in [1.54, 1.807) is 24.3 Å². The highest BCUT2D eigenvalue weighted by Gasteiger charge is 2.16. The summed E-state index contributed by atoms with van der Waals surface area (Å²) in [5, 5.41) is 0. The van der Waals surface area contributed by atoms with Crippen molar-refractivity contribution in [1.29, 1.82) is 0 Å². The monoisotopic (exact) mass is 286 g/mol. The third-order valence-electron chi connectivity index (χ3n) is 1.84.